The first kappa shape index (κ1) is 19.7. The van der Waals surface area contributed by atoms with Crippen LogP contribution in [-0.4, -0.2) is 30.6 Å². The summed E-state index contributed by atoms with van der Waals surface area (Å²) in [4.78, 5) is 26.2. The van der Waals surface area contributed by atoms with Crippen LogP contribution in [0.3, 0.4) is 0 Å². The molecule has 3 rings (SSSR count). The van der Waals surface area contributed by atoms with Gasteiger partial charge in [0.15, 0.2) is 0 Å². The van der Waals surface area contributed by atoms with E-state index in [4.69, 9.17) is 10.1 Å². The molecule has 1 aliphatic heterocycles. The lowest BCUT2D eigenvalue weighted by molar-refractivity contribution is -0.154. The third kappa shape index (κ3) is 3.80. The first-order chi connectivity index (χ1) is 13.6. The molecule has 144 valence electrons. The number of carbonyl (C=O) groups is 2. The van der Waals surface area contributed by atoms with Crippen molar-refractivity contribution in [3.63, 3.8) is 0 Å². The summed E-state index contributed by atoms with van der Waals surface area (Å²) in [5.41, 5.74) is -0.297. The standard InChI is InChI=1S/C23H24N2O3/c1-2-9-19-14-25-16-23(19,21(24)20(26)18-12-7-4-8-13-18)22(27)28-15-17-10-5-3-6-11-17/h2-8,10-13,19,24-25H,1,9,14-16H2/t19-,23+/m0/s1. The van der Waals surface area contributed by atoms with Gasteiger partial charge in [0, 0.05) is 12.1 Å². The summed E-state index contributed by atoms with van der Waals surface area (Å²) >= 11 is 0. The highest BCUT2D eigenvalue weighted by atomic mass is 16.5. The Kier molecular flexibility index (Phi) is 6.16. The lowest BCUT2D eigenvalue weighted by Gasteiger charge is -2.32. The Labute approximate surface area is 164 Å². The lowest BCUT2D eigenvalue weighted by atomic mass is 9.70. The van der Waals surface area contributed by atoms with Gasteiger partial charge in [0.25, 0.3) is 0 Å². The van der Waals surface area contributed by atoms with E-state index >= 15 is 0 Å². The van der Waals surface area contributed by atoms with E-state index in [1.807, 2.05) is 36.4 Å². The number of hydrogen-bond acceptors (Lipinski definition) is 5. The van der Waals surface area contributed by atoms with E-state index in [0.717, 1.165) is 5.56 Å². The Morgan fingerprint density at radius 2 is 1.79 bits per heavy atom. The van der Waals surface area contributed by atoms with E-state index in [1.54, 1.807) is 30.3 Å². The molecule has 2 N–H and O–H groups in total. The van der Waals surface area contributed by atoms with Crippen molar-refractivity contribution in [1.29, 1.82) is 5.41 Å². The Morgan fingerprint density at radius 1 is 1.14 bits per heavy atom. The third-order valence-electron chi connectivity index (χ3n) is 5.23. The molecule has 0 amide bonds. The van der Waals surface area contributed by atoms with Gasteiger partial charge in [-0.25, -0.2) is 0 Å². The van der Waals surface area contributed by atoms with Crippen molar-refractivity contribution < 1.29 is 14.3 Å². The predicted octanol–water partition coefficient (Wildman–Crippen LogP) is 3.41. The first-order valence-corrected chi connectivity index (χ1v) is 9.31. The maximum absolute atomic E-state index is 13.2. The summed E-state index contributed by atoms with van der Waals surface area (Å²) in [6.45, 7) is 4.61. The van der Waals surface area contributed by atoms with Crippen molar-refractivity contribution in [1.82, 2.24) is 5.32 Å². The normalized spacial score (nSPS) is 21.1. The Morgan fingerprint density at radius 3 is 2.43 bits per heavy atom. The van der Waals surface area contributed by atoms with E-state index in [0.29, 0.717) is 18.5 Å². The van der Waals surface area contributed by atoms with Crippen LogP contribution >= 0.6 is 0 Å². The number of ether oxygens (including phenoxy) is 1. The molecule has 0 saturated carbocycles. The smallest absolute Gasteiger partial charge is 0.320 e. The minimum absolute atomic E-state index is 0.106. The Hall–Kier alpha value is -3.05. The van der Waals surface area contributed by atoms with Crippen LogP contribution in [0, 0.1) is 16.7 Å². The highest BCUT2D eigenvalue weighted by Crippen LogP contribution is 2.38. The molecule has 2 atom stereocenters. The van der Waals surface area contributed by atoms with Gasteiger partial charge in [0.05, 0.1) is 5.71 Å². The van der Waals surface area contributed by atoms with Crippen molar-refractivity contribution in [2.45, 2.75) is 13.0 Å². The highest BCUT2D eigenvalue weighted by Gasteiger charge is 2.55. The van der Waals surface area contributed by atoms with Gasteiger partial charge in [-0.15, -0.1) is 6.58 Å². The zero-order valence-electron chi connectivity index (χ0n) is 15.7. The molecule has 2 aromatic carbocycles. The molecule has 0 bridgehead atoms. The number of esters is 1. The minimum atomic E-state index is -1.32. The summed E-state index contributed by atoms with van der Waals surface area (Å²) in [5.74, 6) is -1.24. The van der Waals surface area contributed by atoms with E-state index < -0.39 is 17.2 Å². The zero-order chi connectivity index (χ0) is 20.0. The van der Waals surface area contributed by atoms with Gasteiger partial charge in [-0.2, -0.15) is 0 Å². The topological polar surface area (TPSA) is 79.3 Å². The van der Waals surface area contributed by atoms with Gasteiger partial charge in [-0.05, 0) is 24.4 Å². The van der Waals surface area contributed by atoms with Gasteiger partial charge in [0.2, 0.25) is 5.78 Å². The van der Waals surface area contributed by atoms with Crippen LogP contribution in [0.1, 0.15) is 22.3 Å². The van der Waals surface area contributed by atoms with Crippen molar-refractivity contribution in [2.24, 2.45) is 11.3 Å². The molecule has 0 unspecified atom stereocenters. The van der Waals surface area contributed by atoms with Crippen molar-refractivity contribution in [3.05, 3.63) is 84.4 Å². The quantitative estimate of drug-likeness (QED) is 0.320. The second-order valence-electron chi connectivity index (χ2n) is 6.96. The molecular formula is C23H24N2O3. The minimum Gasteiger partial charge on any atom is -0.460 e. The second-order valence-corrected chi connectivity index (χ2v) is 6.96. The number of benzene rings is 2. The first-order valence-electron chi connectivity index (χ1n) is 9.31. The number of hydrogen-bond donors (Lipinski definition) is 2. The largest absolute Gasteiger partial charge is 0.460 e. The van der Waals surface area contributed by atoms with Crippen LogP contribution in [0.25, 0.3) is 0 Å². The molecule has 1 fully saturated rings. The van der Waals surface area contributed by atoms with Crippen LogP contribution in [0.4, 0.5) is 0 Å². The average Bonchev–Trinajstić information content (AvgIpc) is 3.17. The van der Waals surface area contributed by atoms with Gasteiger partial charge in [-0.3, -0.25) is 15.0 Å². The number of nitrogens with one attached hydrogen (secondary N) is 2. The molecule has 0 radical (unpaired) electrons. The molecule has 0 aliphatic carbocycles. The number of allylic oxidation sites excluding steroid dienone is 1. The molecule has 0 spiro atoms. The molecule has 5 nitrogen and oxygen atoms in total. The monoisotopic (exact) mass is 376 g/mol. The molecule has 1 heterocycles. The number of rotatable bonds is 8. The third-order valence-corrected chi connectivity index (χ3v) is 5.23. The SMILES string of the molecule is C=CC[C@H]1CNC[C@@]1(C(=N)C(=O)c1ccccc1)C(=O)OCc1ccccc1. The van der Waals surface area contributed by atoms with E-state index in [2.05, 4.69) is 11.9 Å². The van der Waals surface area contributed by atoms with E-state index in [1.165, 1.54) is 0 Å². The number of carbonyl (C=O) groups excluding carboxylic acids is 2. The fourth-order valence-electron chi connectivity index (χ4n) is 3.67. The molecule has 1 aliphatic rings. The van der Waals surface area contributed by atoms with E-state index in [-0.39, 0.29) is 24.8 Å². The van der Waals surface area contributed by atoms with Crippen molar-refractivity contribution >= 4 is 17.5 Å². The van der Waals surface area contributed by atoms with Crippen molar-refractivity contribution in [3.8, 4) is 0 Å². The van der Waals surface area contributed by atoms with Crippen LogP contribution < -0.4 is 5.32 Å². The van der Waals surface area contributed by atoms with Crippen LogP contribution in [0.5, 0.6) is 0 Å². The molecule has 28 heavy (non-hydrogen) atoms. The highest BCUT2D eigenvalue weighted by molar-refractivity contribution is 6.49. The number of ketones is 1. The average molecular weight is 376 g/mol. The fourth-order valence-corrected chi connectivity index (χ4v) is 3.67. The summed E-state index contributed by atoms with van der Waals surface area (Å²) in [6.07, 6.45) is 2.23. The fraction of sp³-hybridized carbons (Fsp3) is 0.261. The molecule has 1 saturated heterocycles. The van der Waals surface area contributed by atoms with Crippen LogP contribution in [0.2, 0.25) is 0 Å². The predicted molar refractivity (Wildman–Crippen MR) is 108 cm³/mol. The summed E-state index contributed by atoms with van der Waals surface area (Å²) in [7, 11) is 0. The van der Waals surface area contributed by atoms with Gasteiger partial charge in [-0.1, -0.05) is 66.7 Å². The van der Waals surface area contributed by atoms with Gasteiger partial charge >= 0.3 is 5.97 Å². The molecule has 2 aromatic rings. The van der Waals surface area contributed by atoms with Crippen LogP contribution in [-0.2, 0) is 16.1 Å². The second kappa shape index (κ2) is 8.76. The van der Waals surface area contributed by atoms with Crippen molar-refractivity contribution in [2.75, 3.05) is 13.1 Å². The summed E-state index contributed by atoms with van der Waals surface area (Å²) in [5, 5.41) is 11.8. The summed E-state index contributed by atoms with van der Waals surface area (Å²) in [6, 6.07) is 18.0. The lowest BCUT2D eigenvalue weighted by Crippen LogP contribution is -2.49. The molecule has 5 heteroatoms. The van der Waals surface area contributed by atoms with Gasteiger partial charge < -0.3 is 10.1 Å². The Balaban J connectivity index is 1.89. The molecular weight excluding hydrogens is 352 g/mol. The van der Waals surface area contributed by atoms with Crippen LogP contribution in [0.15, 0.2) is 73.3 Å². The molecule has 0 aromatic heterocycles. The Bertz CT molecular complexity index is 864. The maximum atomic E-state index is 13.2. The van der Waals surface area contributed by atoms with Gasteiger partial charge in [0.1, 0.15) is 12.0 Å². The van der Waals surface area contributed by atoms with E-state index in [9.17, 15) is 9.59 Å². The zero-order valence-corrected chi connectivity index (χ0v) is 15.7. The number of Topliss-reactive ketones (excluding diaryl/α,β-unsaturated/α-hetero) is 1. The maximum Gasteiger partial charge on any atom is 0.320 e. The summed E-state index contributed by atoms with van der Waals surface area (Å²) < 4.78 is 5.59.